The molecule has 6 heteroatoms. The molecule has 1 N–H and O–H groups in total. The quantitative estimate of drug-likeness (QED) is 0.877. The average molecular weight is 291 g/mol. The van der Waals surface area contributed by atoms with Crippen molar-refractivity contribution >= 4 is 33.8 Å². The largest absolute Gasteiger partial charge is 0.316 e. The van der Waals surface area contributed by atoms with Crippen molar-refractivity contribution < 1.29 is 0 Å². The molecule has 0 saturated carbocycles. The van der Waals surface area contributed by atoms with E-state index in [2.05, 4.69) is 33.4 Å². The Morgan fingerprint density at radius 3 is 3.05 bits per heavy atom. The number of halogens is 1. The lowest BCUT2D eigenvalue weighted by molar-refractivity contribution is 0.712. The van der Waals surface area contributed by atoms with E-state index in [4.69, 9.17) is 16.9 Å². The van der Waals surface area contributed by atoms with Crippen LogP contribution in [0, 0.1) is 11.3 Å². The number of para-hydroxylation sites is 1. The molecule has 1 aliphatic rings. The molecule has 19 heavy (non-hydrogen) atoms. The van der Waals surface area contributed by atoms with Gasteiger partial charge in [0.25, 0.3) is 0 Å². The van der Waals surface area contributed by atoms with Gasteiger partial charge in [-0.3, -0.25) is 0 Å². The van der Waals surface area contributed by atoms with E-state index in [9.17, 15) is 0 Å². The van der Waals surface area contributed by atoms with Gasteiger partial charge in [-0.1, -0.05) is 41.1 Å². The molecule has 0 aliphatic carbocycles. The predicted molar refractivity (Wildman–Crippen MR) is 77.0 cm³/mol. The molecule has 0 unspecified atom stereocenters. The summed E-state index contributed by atoms with van der Waals surface area (Å²) in [5, 5.41) is 13.4. The van der Waals surface area contributed by atoms with Crippen molar-refractivity contribution in [2.75, 3.05) is 18.0 Å². The van der Waals surface area contributed by atoms with E-state index >= 15 is 0 Å². The van der Waals surface area contributed by atoms with Gasteiger partial charge in [0.1, 0.15) is 10.9 Å². The van der Waals surface area contributed by atoms with Crippen molar-refractivity contribution in [3.05, 3.63) is 39.9 Å². The number of hydrogen-bond acceptors (Lipinski definition) is 5. The van der Waals surface area contributed by atoms with Crippen LogP contribution in [0.1, 0.15) is 10.4 Å². The highest BCUT2D eigenvalue weighted by Crippen LogP contribution is 2.35. The van der Waals surface area contributed by atoms with Crippen molar-refractivity contribution in [2.24, 2.45) is 0 Å². The first kappa shape index (κ1) is 12.4. The number of fused-ring (bicyclic) bond motifs is 1. The van der Waals surface area contributed by atoms with Gasteiger partial charge >= 0.3 is 0 Å². The molecule has 3 rings (SSSR count). The van der Waals surface area contributed by atoms with Gasteiger partial charge in [-0.25, -0.2) is 4.98 Å². The normalized spacial score (nSPS) is 14.6. The second-order valence-corrected chi connectivity index (χ2v) is 5.52. The van der Waals surface area contributed by atoms with E-state index in [0.29, 0.717) is 4.88 Å². The fourth-order valence-corrected chi connectivity index (χ4v) is 3.22. The third-order valence-electron chi connectivity index (χ3n) is 3.02. The zero-order chi connectivity index (χ0) is 13.2. The van der Waals surface area contributed by atoms with Gasteiger partial charge in [-0.2, -0.15) is 5.26 Å². The number of hydrogen-bond donors (Lipinski definition) is 1. The van der Waals surface area contributed by atoms with Crippen molar-refractivity contribution in [2.45, 2.75) is 6.54 Å². The van der Waals surface area contributed by atoms with Crippen LogP contribution in [-0.2, 0) is 6.54 Å². The number of aromatic nitrogens is 1. The van der Waals surface area contributed by atoms with Crippen LogP contribution in [0.4, 0.5) is 10.8 Å². The summed E-state index contributed by atoms with van der Waals surface area (Å²) in [5.41, 5.74) is 2.35. The first-order valence-electron chi connectivity index (χ1n) is 5.92. The van der Waals surface area contributed by atoms with Crippen molar-refractivity contribution in [3.63, 3.8) is 0 Å². The standard InChI is InChI=1S/C13H11ClN4S/c14-12-11(7-15)19-13(17-12)18-6-5-16-8-9-3-1-2-4-10(9)18/h1-4,16H,5-6,8H2. The van der Waals surface area contributed by atoms with Gasteiger partial charge in [0.05, 0.1) is 0 Å². The second kappa shape index (κ2) is 5.17. The third-order valence-corrected chi connectivity index (χ3v) is 4.39. The van der Waals surface area contributed by atoms with Crippen LogP contribution in [0.5, 0.6) is 0 Å². The zero-order valence-corrected chi connectivity index (χ0v) is 11.6. The van der Waals surface area contributed by atoms with E-state index in [-0.39, 0.29) is 5.15 Å². The van der Waals surface area contributed by atoms with Crippen LogP contribution in [0.3, 0.4) is 0 Å². The molecule has 1 aliphatic heterocycles. The van der Waals surface area contributed by atoms with Gasteiger partial charge in [-0.15, -0.1) is 0 Å². The van der Waals surface area contributed by atoms with Gasteiger partial charge in [0, 0.05) is 25.3 Å². The van der Waals surface area contributed by atoms with Gasteiger partial charge in [0.15, 0.2) is 10.3 Å². The Hall–Kier alpha value is -1.61. The average Bonchev–Trinajstić information content (AvgIpc) is 2.68. The van der Waals surface area contributed by atoms with E-state index < -0.39 is 0 Å². The second-order valence-electron chi connectivity index (χ2n) is 4.19. The fraction of sp³-hybridized carbons (Fsp3) is 0.231. The molecule has 0 saturated heterocycles. The summed E-state index contributed by atoms with van der Waals surface area (Å²) in [6.45, 7) is 2.52. The van der Waals surface area contributed by atoms with Crippen LogP contribution in [0.25, 0.3) is 0 Å². The molecule has 0 atom stereocenters. The maximum absolute atomic E-state index is 8.99. The summed E-state index contributed by atoms with van der Waals surface area (Å²) in [4.78, 5) is 6.89. The van der Waals surface area contributed by atoms with Gasteiger partial charge in [0.2, 0.25) is 0 Å². The Balaban J connectivity index is 2.07. The molecule has 1 aromatic carbocycles. The van der Waals surface area contributed by atoms with Crippen molar-refractivity contribution in [1.82, 2.24) is 10.3 Å². The Bertz CT molecular complexity index is 646. The highest BCUT2D eigenvalue weighted by molar-refractivity contribution is 7.16. The summed E-state index contributed by atoms with van der Waals surface area (Å²) in [5.74, 6) is 0. The Labute approximate surface area is 120 Å². The van der Waals surface area contributed by atoms with Crippen LogP contribution in [0.2, 0.25) is 5.15 Å². The molecule has 1 aromatic heterocycles. The molecule has 2 heterocycles. The molecular weight excluding hydrogens is 280 g/mol. The molecule has 2 aromatic rings. The third kappa shape index (κ3) is 2.30. The molecule has 0 bridgehead atoms. The molecule has 0 fully saturated rings. The Kier molecular flexibility index (Phi) is 3.38. The molecule has 0 spiro atoms. The molecule has 0 radical (unpaired) electrons. The topological polar surface area (TPSA) is 52.0 Å². The zero-order valence-electron chi connectivity index (χ0n) is 10.1. The maximum Gasteiger partial charge on any atom is 0.192 e. The molecule has 96 valence electrons. The summed E-state index contributed by atoms with van der Waals surface area (Å²) in [6, 6.07) is 10.3. The van der Waals surface area contributed by atoms with Crippen LogP contribution >= 0.6 is 22.9 Å². The smallest absolute Gasteiger partial charge is 0.192 e. The minimum absolute atomic E-state index is 0.289. The highest BCUT2D eigenvalue weighted by atomic mass is 35.5. The van der Waals surface area contributed by atoms with E-state index in [1.54, 1.807) is 0 Å². The van der Waals surface area contributed by atoms with Crippen LogP contribution in [-0.4, -0.2) is 18.1 Å². The van der Waals surface area contributed by atoms with E-state index in [1.807, 2.05) is 12.1 Å². The Morgan fingerprint density at radius 2 is 2.26 bits per heavy atom. The highest BCUT2D eigenvalue weighted by Gasteiger charge is 2.20. The van der Waals surface area contributed by atoms with Crippen molar-refractivity contribution in [3.8, 4) is 6.07 Å². The first-order chi connectivity index (χ1) is 9.29. The minimum atomic E-state index is 0.289. The van der Waals surface area contributed by atoms with Gasteiger partial charge < -0.3 is 10.2 Å². The first-order valence-corrected chi connectivity index (χ1v) is 7.11. The maximum atomic E-state index is 8.99. The predicted octanol–water partition coefficient (Wildman–Crippen LogP) is 2.91. The van der Waals surface area contributed by atoms with Crippen molar-refractivity contribution in [1.29, 1.82) is 5.26 Å². The lowest BCUT2D eigenvalue weighted by Crippen LogP contribution is -2.24. The van der Waals surface area contributed by atoms with E-state index in [0.717, 1.165) is 30.5 Å². The van der Waals surface area contributed by atoms with Gasteiger partial charge in [-0.05, 0) is 11.6 Å². The fourth-order valence-electron chi connectivity index (χ4n) is 2.13. The molecule has 4 nitrogen and oxygen atoms in total. The SMILES string of the molecule is N#Cc1sc(N2CCNCc3ccccc32)nc1Cl. The number of thiazole rings is 1. The summed E-state index contributed by atoms with van der Waals surface area (Å²) in [6.07, 6.45) is 0. The summed E-state index contributed by atoms with van der Waals surface area (Å²) in [7, 11) is 0. The number of anilines is 2. The number of nitrogens with one attached hydrogen (secondary N) is 1. The number of rotatable bonds is 1. The lowest BCUT2D eigenvalue weighted by atomic mass is 10.1. The van der Waals surface area contributed by atoms with Crippen LogP contribution < -0.4 is 10.2 Å². The number of nitrogens with zero attached hydrogens (tertiary/aromatic N) is 3. The Morgan fingerprint density at radius 1 is 1.42 bits per heavy atom. The molecule has 0 amide bonds. The lowest BCUT2D eigenvalue weighted by Gasteiger charge is -2.21. The summed E-state index contributed by atoms with van der Waals surface area (Å²) < 4.78 is 0. The minimum Gasteiger partial charge on any atom is -0.316 e. The number of nitriles is 1. The van der Waals surface area contributed by atoms with Crippen LogP contribution in [0.15, 0.2) is 24.3 Å². The summed E-state index contributed by atoms with van der Waals surface area (Å²) >= 11 is 7.30. The van der Waals surface area contributed by atoms with E-state index in [1.165, 1.54) is 16.9 Å². The molecular formula is C13H11ClN4S. The monoisotopic (exact) mass is 290 g/mol. The number of benzene rings is 1.